The maximum atomic E-state index is 12.1. The number of aryl methyl sites for hydroxylation is 1. The van der Waals surface area contributed by atoms with E-state index in [-0.39, 0.29) is 12.5 Å². The number of nitrogens with one attached hydrogen (secondary N) is 1. The number of carbonyl (C=O) groups excluding carboxylic acids is 1. The number of carbonyl (C=O) groups is 1. The van der Waals surface area contributed by atoms with Crippen molar-refractivity contribution in [2.75, 3.05) is 5.32 Å². The maximum absolute atomic E-state index is 12.1. The van der Waals surface area contributed by atoms with Crippen molar-refractivity contribution in [1.29, 1.82) is 0 Å². The van der Waals surface area contributed by atoms with E-state index in [1.54, 1.807) is 6.07 Å². The topological polar surface area (TPSA) is 66.6 Å². The average molecular weight is 301 g/mol. The number of thiazole rings is 1. The molecule has 2 aromatic heterocycles. The number of aliphatic hydroxyl groups excluding tert-OH is 1. The fourth-order valence-electron chi connectivity index (χ4n) is 2.19. The lowest BCUT2D eigenvalue weighted by Crippen LogP contribution is -2.15. The van der Waals surface area contributed by atoms with Gasteiger partial charge in [-0.2, -0.15) is 0 Å². The van der Waals surface area contributed by atoms with Crippen LogP contribution in [0.25, 0.3) is 4.96 Å². The maximum Gasteiger partial charge on any atom is 0.230 e. The third kappa shape index (κ3) is 2.96. The lowest BCUT2D eigenvalue weighted by Gasteiger charge is -2.06. The second-order valence-electron chi connectivity index (χ2n) is 4.85. The molecule has 2 N–H and O–H groups in total. The number of rotatable bonds is 4. The number of hydrogen-bond donors (Lipinski definition) is 2. The number of hydrogen-bond acceptors (Lipinski definition) is 4. The largest absolute Gasteiger partial charge is 0.392 e. The molecule has 0 atom stereocenters. The normalized spacial score (nSPS) is 11.0. The molecule has 0 aliphatic heterocycles. The van der Waals surface area contributed by atoms with Crippen LogP contribution in [0.5, 0.6) is 0 Å². The summed E-state index contributed by atoms with van der Waals surface area (Å²) in [7, 11) is 0. The molecule has 6 heteroatoms. The Morgan fingerprint density at radius 1 is 1.48 bits per heavy atom. The summed E-state index contributed by atoms with van der Waals surface area (Å²) in [5.41, 5.74) is 3.33. The van der Waals surface area contributed by atoms with Gasteiger partial charge in [0, 0.05) is 23.0 Å². The van der Waals surface area contributed by atoms with E-state index in [0.717, 1.165) is 21.9 Å². The number of anilines is 1. The molecule has 2 heterocycles. The van der Waals surface area contributed by atoms with Crippen molar-refractivity contribution < 1.29 is 9.90 Å². The van der Waals surface area contributed by atoms with Crippen LogP contribution in [-0.4, -0.2) is 20.4 Å². The number of fused-ring (bicyclic) bond motifs is 1. The zero-order valence-electron chi connectivity index (χ0n) is 11.5. The number of amides is 1. The minimum atomic E-state index is -0.0869. The molecule has 1 amide bonds. The van der Waals surface area contributed by atoms with E-state index >= 15 is 0 Å². The summed E-state index contributed by atoms with van der Waals surface area (Å²) in [6.07, 6.45) is 2.22. The number of benzene rings is 1. The Morgan fingerprint density at radius 3 is 3.14 bits per heavy atom. The van der Waals surface area contributed by atoms with Crippen LogP contribution in [0.4, 0.5) is 5.69 Å². The van der Waals surface area contributed by atoms with Crippen LogP contribution in [0.3, 0.4) is 0 Å². The highest BCUT2D eigenvalue weighted by Crippen LogP contribution is 2.18. The third-order valence-corrected chi connectivity index (χ3v) is 4.03. The van der Waals surface area contributed by atoms with Crippen molar-refractivity contribution in [1.82, 2.24) is 9.38 Å². The molecule has 1 aromatic carbocycles. The van der Waals surface area contributed by atoms with Crippen LogP contribution in [0.2, 0.25) is 0 Å². The fourth-order valence-corrected chi connectivity index (χ4v) is 3.10. The predicted molar refractivity (Wildman–Crippen MR) is 82.5 cm³/mol. The molecule has 0 saturated carbocycles. The zero-order chi connectivity index (χ0) is 14.8. The Morgan fingerprint density at radius 2 is 2.33 bits per heavy atom. The van der Waals surface area contributed by atoms with Crippen molar-refractivity contribution in [3.8, 4) is 0 Å². The van der Waals surface area contributed by atoms with Gasteiger partial charge < -0.3 is 10.4 Å². The quantitative estimate of drug-likeness (QED) is 0.777. The summed E-state index contributed by atoms with van der Waals surface area (Å²) >= 11 is 1.53. The average Bonchev–Trinajstić information content (AvgIpc) is 2.99. The second kappa shape index (κ2) is 5.67. The van der Waals surface area contributed by atoms with E-state index < -0.39 is 0 Å². The Kier molecular flexibility index (Phi) is 3.72. The first-order valence-electron chi connectivity index (χ1n) is 6.57. The van der Waals surface area contributed by atoms with E-state index in [2.05, 4.69) is 10.3 Å². The van der Waals surface area contributed by atoms with Gasteiger partial charge in [-0.3, -0.25) is 9.20 Å². The van der Waals surface area contributed by atoms with Gasteiger partial charge in [0.05, 0.1) is 18.7 Å². The summed E-state index contributed by atoms with van der Waals surface area (Å²) in [6, 6.07) is 7.19. The number of aliphatic hydroxyl groups is 1. The van der Waals surface area contributed by atoms with Crippen LogP contribution in [0.1, 0.15) is 17.0 Å². The Labute approximate surface area is 125 Å². The van der Waals surface area contributed by atoms with Gasteiger partial charge in [-0.1, -0.05) is 12.1 Å². The van der Waals surface area contributed by atoms with E-state index in [0.29, 0.717) is 12.1 Å². The van der Waals surface area contributed by atoms with Gasteiger partial charge in [0.25, 0.3) is 0 Å². The summed E-state index contributed by atoms with van der Waals surface area (Å²) in [4.78, 5) is 17.4. The lowest BCUT2D eigenvalue weighted by molar-refractivity contribution is -0.115. The molecule has 0 bridgehead atoms. The van der Waals surface area contributed by atoms with Crippen LogP contribution in [0.15, 0.2) is 35.8 Å². The molecule has 21 heavy (non-hydrogen) atoms. The highest BCUT2D eigenvalue weighted by Gasteiger charge is 2.10. The molecule has 0 fully saturated rings. The SMILES string of the molecule is Cc1cn2c(CC(=O)Nc3cccc(CO)c3)csc2n1. The summed E-state index contributed by atoms with van der Waals surface area (Å²) in [5, 5.41) is 13.9. The number of nitrogens with zero attached hydrogens (tertiary/aromatic N) is 2. The van der Waals surface area contributed by atoms with Gasteiger partial charge in [-0.25, -0.2) is 4.98 Å². The Bertz CT molecular complexity index is 791. The van der Waals surface area contributed by atoms with Crippen LogP contribution in [-0.2, 0) is 17.8 Å². The molecule has 5 nitrogen and oxygen atoms in total. The molecule has 3 aromatic rings. The van der Waals surface area contributed by atoms with Gasteiger partial charge in [-0.15, -0.1) is 11.3 Å². The van der Waals surface area contributed by atoms with Gasteiger partial charge >= 0.3 is 0 Å². The van der Waals surface area contributed by atoms with E-state index in [9.17, 15) is 4.79 Å². The number of imidazole rings is 1. The molecule has 0 aliphatic carbocycles. The predicted octanol–water partition coefficient (Wildman–Crippen LogP) is 2.38. The van der Waals surface area contributed by atoms with Crippen molar-refractivity contribution in [2.45, 2.75) is 20.0 Å². The van der Waals surface area contributed by atoms with Crippen molar-refractivity contribution in [3.63, 3.8) is 0 Å². The van der Waals surface area contributed by atoms with Crippen molar-refractivity contribution in [3.05, 3.63) is 52.8 Å². The monoisotopic (exact) mass is 301 g/mol. The van der Waals surface area contributed by atoms with Gasteiger partial charge in [0.1, 0.15) is 0 Å². The minimum absolute atomic E-state index is 0.0385. The summed E-state index contributed by atoms with van der Waals surface area (Å²) in [5.74, 6) is -0.0869. The third-order valence-electron chi connectivity index (χ3n) is 3.14. The first kappa shape index (κ1) is 13.8. The van der Waals surface area contributed by atoms with E-state index in [4.69, 9.17) is 5.11 Å². The molecular weight excluding hydrogens is 286 g/mol. The van der Waals surface area contributed by atoms with Gasteiger partial charge in [0.15, 0.2) is 4.96 Å². The molecule has 3 rings (SSSR count). The van der Waals surface area contributed by atoms with E-state index in [1.165, 1.54) is 11.3 Å². The highest BCUT2D eigenvalue weighted by molar-refractivity contribution is 7.15. The molecule has 0 aliphatic rings. The highest BCUT2D eigenvalue weighted by atomic mass is 32.1. The first-order valence-corrected chi connectivity index (χ1v) is 7.45. The fraction of sp³-hybridized carbons (Fsp3) is 0.200. The molecular formula is C15H15N3O2S. The van der Waals surface area contributed by atoms with Gasteiger partial charge in [-0.05, 0) is 24.6 Å². The molecule has 0 spiro atoms. The van der Waals surface area contributed by atoms with Crippen LogP contribution in [0, 0.1) is 6.92 Å². The molecule has 108 valence electrons. The standard InChI is InChI=1S/C15H15N3O2S/c1-10-7-18-13(9-21-15(18)16-10)6-14(20)17-12-4-2-3-11(5-12)8-19/h2-5,7,9,19H,6,8H2,1H3,(H,17,20). The lowest BCUT2D eigenvalue weighted by atomic mass is 10.2. The molecule has 0 unspecified atom stereocenters. The van der Waals surface area contributed by atoms with Gasteiger partial charge in [0.2, 0.25) is 5.91 Å². The smallest absolute Gasteiger partial charge is 0.230 e. The Balaban J connectivity index is 1.73. The molecule has 0 radical (unpaired) electrons. The minimum Gasteiger partial charge on any atom is -0.392 e. The van der Waals surface area contributed by atoms with Crippen molar-refractivity contribution in [2.24, 2.45) is 0 Å². The summed E-state index contributed by atoms with van der Waals surface area (Å²) < 4.78 is 1.95. The van der Waals surface area contributed by atoms with Crippen LogP contribution >= 0.6 is 11.3 Å². The Hall–Kier alpha value is -2.18. The van der Waals surface area contributed by atoms with Crippen LogP contribution < -0.4 is 5.32 Å². The van der Waals surface area contributed by atoms with E-state index in [1.807, 2.05) is 41.1 Å². The second-order valence-corrected chi connectivity index (χ2v) is 5.68. The summed E-state index contributed by atoms with van der Waals surface area (Å²) in [6.45, 7) is 1.90. The molecule has 0 saturated heterocycles. The number of aromatic nitrogens is 2. The zero-order valence-corrected chi connectivity index (χ0v) is 12.4. The van der Waals surface area contributed by atoms with Crippen molar-refractivity contribution >= 4 is 27.9 Å². The first-order chi connectivity index (χ1) is 10.2.